The first-order valence-corrected chi connectivity index (χ1v) is 33.2. The molecule has 0 rings (SSSR count). The third kappa shape index (κ3) is 59.5. The molecule has 0 aromatic heterocycles. The van der Waals surface area contributed by atoms with Crippen LogP contribution in [0.4, 0.5) is 0 Å². The Morgan fingerprint density at radius 2 is 0.730 bits per heavy atom. The first-order valence-electron chi connectivity index (χ1n) is 31.7. The summed E-state index contributed by atoms with van der Waals surface area (Å²) in [5.41, 5.74) is 0. The highest BCUT2D eigenvalue weighted by atomic mass is 31.2. The van der Waals surface area contributed by atoms with Gasteiger partial charge in [-0.05, 0) is 70.6 Å². The third-order valence-corrected chi connectivity index (χ3v) is 15.1. The maximum absolute atomic E-state index is 12.8. The highest BCUT2D eigenvalue weighted by Crippen LogP contribution is 2.38. The Kier molecular flexibility index (Phi) is 54.6. The Bertz CT molecular complexity index is 1340. The van der Waals surface area contributed by atoms with E-state index in [1.54, 1.807) is 0 Å². The Hall–Kier alpha value is -1.77. The van der Waals surface area contributed by atoms with Crippen LogP contribution in [-0.2, 0) is 32.7 Å². The van der Waals surface area contributed by atoms with Crippen molar-refractivity contribution in [2.45, 2.75) is 315 Å². The zero-order valence-electron chi connectivity index (χ0n) is 49.6. The van der Waals surface area contributed by atoms with Gasteiger partial charge in [0, 0.05) is 12.8 Å². The highest BCUT2D eigenvalue weighted by Gasteiger charge is 2.22. The van der Waals surface area contributed by atoms with Crippen molar-refractivity contribution in [1.29, 1.82) is 0 Å². The average molecular weight is 1060 g/mol. The summed E-state index contributed by atoms with van der Waals surface area (Å²) in [5.74, 6) is -0.820. The van der Waals surface area contributed by atoms with Crippen LogP contribution >= 0.6 is 7.82 Å². The molecule has 9 nitrogen and oxygen atoms in total. The molecule has 2 unspecified atom stereocenters. The van der Waals surface area contributed by atoms with E-state index in [0.29, 0.717) is 17.4 Å². The van der Waals surface area contributed by atoms with E-state index in [4.69, 9.17) is 18.5 Å². The normalized spacial score (nSPS) is 13.4. The summed E-state index contributed by atoms with van der Waals surface area (Å²) in [4.78, 5) is 37.9. The molecule has 0 aromatic rings. The minimum Gasteiger partial charge on any atom is -0.756 e. The summed E-state index contributed by atoms with van der Waals surface area (Å²) in [6.07, 6.45) is 69.2. The van der Waals surface area contributed by atoms with Crippen molar-refractivity contribution in [3.8, 4) is 0 Å². The zero-order chi connectivity index (χ0) is 54.2. The van der Waals surface area contributed by atoms with Gasteiger partial charge in [0.15, 0.2) is 6.10 Å². The molecule has 0 fully saturated rings. The summed E-state index contributed by atoms with van der Waals surface area (Å²) >= 11 is 0. The van der Waals surface area contributed by atoms with Gasteiger partial charge in [0.2, 0.25) is 0 Å². The molecule has 0 saturated carbocycles. The lowest BCUT2D eigenvalue weighted by atomic mass is 10.0. The van der Waals surface area contributed by atoms with Gasteiger partial charge in [-0.1, -0.05) is 262 Å². The molecule has 10 heteroatoms. The molecule has 0 heterocycles. The zero-order valence-corrected chi connectivity index (χ0v) is 50.5. The number of carbonyl (C=O) groups is 2. The standard InChI is InChI=1S/C64H122NO8P/c1-6-8-10-12-14-16-18-20-22-24-26-27-28-29-30-31-32-33-34-35-36-37-39-41-43-45-47-49-51-53-55-57-64(67)73-62(61-72-74(68,69)71-59-58-65(3,4)5)60-70-63(66)56-54-52-50-48-46-44-42-40-38-25-23-21-19-17-15-13-11-9-7-2/h18,20-21,23-24,26,62H,6-17,19,22,25,27-61H2,1-5H3/b20-18-,23-21-,26-24-. The second-order valence-corrected chi connectivity index (χ2v) is 24.2. The second kappa shape index (κ2) is 56.0. The average Bonchev–Trinajstić information content (AvgIpc) is 3.36. The number of allylic oxidation sites excluding steroid dienone is 6. The molecule has 0 spiro atoms. The van der Waals surface area contributed by atoms with E-state index in [2.05, 4.69) is 50.3 Å². The molecule has 74 heavy (non-hydrogen) atoms. The topological polar surface area (TPSA) is 111 Å². The van der Waals surface area contributed by atoms with Crippen LogP contribution in [0.5, 0.6) is 0 Å². The van der Waals surface area contributed by atoms with Gasteiger partial charge in [-0.2, -0.15) is 0 Å². The Morgan fingerprint density at radius 1 is 0.419 bits per heavy atom. The van der Waals surface area contributed by atoms with Crippen molar-refractivity contribution in [1.82, 2.24) is 0 Å². The van der Waals surface area contributed by atoms with Gasteiger partial charge >= 0.3 is 11.9 Å². The van der Waals surface area contributed by atoms with Crippen LogP contribution in [0.2, 0.25) is 0 Å². The molecule has 0 radical (unpaired) electrons. The summed E-state index contributed by atoms with van der Waals surface area (Å²) in [5, 5.41) is 0. The molecule has 0 aliphatic rings. The number of hydrogen-bond acceptors (Lipinski definition) is 8. The van der Waals surface area contributed by atoms with E-state index in [9.17, 15) is 19.0 Å². The summed E-state index contributed by atoms with van der Waals surface area (Å²) in [6.45, 7) is 4.27. The van der Waals surface area contributed by atoms with E-state index in [1.165, 1.54) is 238 Å². The first-order chi connectivity index (χ1) is 36.0. The van der Waals surface area contributed by atoms with Crippen LogP contribution in [0.15, 0.2) is 36.5 Å². The first kappa shape index (κ1) is 72.2. The number of esters is 2. The van der Waals surface area contributed by atoms with Crippen molar-refractivity contribution in [3.05, 3.63) is 36.5 Å². The maximum Gasteiger partial charge on any atom is 0.306 e. The summed E-state index contributed by atoms with van der Waals surface area (Å²) in [6, 6.07) is 0. The van der Waals surface area contributed by atoms with E-state index < -0.39 is 26.5 Å². The fourth-order valence-electron chi connectivity index (χ4n) is 9.21. The molecule has 436 valence electrons. The van der Waals surface area contributed by atoms with Gasteiger partial charge in [0.1, 0.15) is 19.8 Å². The lowest BCUT2D eigenvalue weighted by Gasteiger charge is -2.28. The van der Waals surface area contributed by atoms with Crippen LogP contribution < -0.4 is 4.89 Å². The van der Waals surface area contributed by atoms with Crippen LogP contribution in [0.3, 0.4) is 0 Å². The van der Waals surface area contributed by atoms with Crippen LogP contribution in [0.25, 0.3) is 0 Å². The van der Waals surface area contributed by atoms with Crippen molar-refractivity contribution < 1.29 is 42.1 Å². The van der Waals surface area contributed by atoms with Crippen LogP contribution in [0, 0.1) is 0 Å². The second-order valence-electron chi connectivity index (χ2n) is 22.8. The Labute approximate surface area is 459 Å². The molecule has 0 saturated heterocycles. The summed E-state index contributed by atoms with van der Waals surface area (Å²) < 4.78 is 34.2. The molecule has 2 atom stereocenters. The van der Waals surface area contributed by atoms with Gasteiger partial charge in [0.25, 0.3) is 7.82 Å². The molecule has 0 bridgehead atoms. The number of unbranched alkanes of at least 4 members (excludes halogenated alkanes) is 39. The molecular formula is C64H122NO8P. The van der Waals surface area contributed by atoms with Gasteiger partial charge in [-0.3, -0.25) is 14.2 Å². The Morgan fingerprint density at radius 3 is 1.08 bits per heavy atom. The molecule has 0 aliphatic carbocycles. The van der Waals surface area contributed by atoms with E-state index in [1.807, 2.05) is 21.1 Å². The van der Waals surface area contributed by atoms with E-state index in [0.717, 1.165) is 38.5 Å². The molecule has 0 aromatic carbocycles. The van der Waals surface area contributed by atoms with E-state index >= 15 is 0 Å². The molecule has 0 amide bonds. The number of rotatable bonds is 59. The summed E-state index contributed by atoms with van der Waals surface area (Å²) in [7, 11) is 1.18. The maximum atomic E-state index is 12.8. The minimum absolute atomic E-state index is 0.0291. The van der Waals surface area contributed by atoms with Gasteiger partial charge in [-0.15, -0.1) is 0 Å². The smallest absolute Gasteiger partial charge is 0.306 e. The number of quaternary nitrogens is 1. The monoisotopic (exact) mass is 1060 g/mol. The molecule has 0 aliphatic heterocycles. The van der Waals surface area contributed by atoms with Gasteiger partial charge in [-0.25, -0.2) is 0 Å². The number of hydrogen-bond donors (Lipinski definition) is 0. The van der Waals surface area contributed by atoms with Crippen LogP contribution in [-0.4, -0.2) is 70.0 Å². The van der Waals surface area contributed by atoms with E-state index in [-0.39, 0.29) is 32.0 Å². The molecule has 0 N–H and O–H groups in total. The predicted molar refractivity (Wildman–Crippen MR) is 314 cm³/mol. The number of phosphoric acid groups is 1. The fourth-order valence-corrected chi connectivity index (χ4v) is 9.94. The molecular weight excluding hydrogens is 942 g/mol. The third-order valence-electron chi connectivity index (χ3n) is 14.1. The van der Waals surface area contributed by atoms with Crippen LogP contribution in [0.1, 0.15) is 309 Å². The quantitative estimate of drug-likeness (QED) is 0.0195. The number of nitrogens with zero attached hydrogens (tertiary/aromatic N) is 1. The number of carbonyl (C=O) groups excluding carboxylic acids is 2. The van der Waals surface area contributed by atoms with Crippen molar-refractivity contribution in [2.24, 2.45) is 0 Å². The largest absolute Gasteiger partial charge is 0.756 e. The SMILES string of the molecule is CCCCCCC/C=C\C/C=C\CCCCCCCCCCCCCCCCCCCCCC(=O)OC(COC(=O)CCCCCCCCCCC/C=C\CCCCCCCC)COP(=O)([O-])OCC[N+](C)(C)C. The van der Waals surface area contributed by atoms with Crippen molar-refractivity contribution in [2.75, 3.05) is 47.5 Å². The van der Waals surface area contributed by atoms with Crippen molar-refractivity contribution in [3.63, 3.8) is 0 Å². The highest BCUT2D eigenvalue weighted by molar-refractivity contribution is 7.45. The predicted octanol–water partition coefficient (Wildman–Crippen LogP) is 19.3. The van der Waals surface area contributed by atoms with Crippen molar-refractivity contribution >= 4 is 19.8 Å². The Balaban J connectivity index is 4.04. The fraction of sp³-hybridized carbons (Fsp3) is 0.875. The van der Waals surface area contributed by atoms with Gasteiger partial charge < -0.3 is 27.9 Å². The van der Waals surface area contributed by atoms with Gasteiger partial charge in [0.05, 0.1) is 27.7 Å². The number of likely N-dealkylation sites (N-methyl/N-ethyl adjacent to an activating group) is 1. The number of ether oxygens (including phenoxy) is 2. The number of phosphoric ester groups is 1. The minimum atomic E-state index is -4.63. The lowest BCUT2D eigenvalue weighted by Crippen LogP contribution is -2.37. The lowest BCUT2D eigenvalue weighted by molar-refractivity contribution is -0.870.